The minimum atomic E-state index is 0.0424. The number of rotatable bonds is 4. The molecular formula is C14H13IO2. The average molecular weight is 340 g/mol. The van der Waals surface area contributed by atoms with E-state index in [1.165, 1.54) is 3.57 Å². The molecule has 0 bridgehead atoms. The SMILES string of the molecule is OCc1cccc(OCc2ccc(I)cc2)c1. The standard InChI is InChI=1S/C14H13IO2/c15-13-6-4-11(5-7-13)10-17-14-3-1-2-12(8-14)9-16/h1-8,16H,9-10H2. The van der Waals surface area contributed by atoms with E-state index in [-0.39, 0.29) is 6.61 Å². The van der Waals surface area contributed by atoms with E-state index in [0.29, 0.717) is 6.61 Å². The highest BCUT2D eigenvalue weighted by atomic mass is 127. The van der Waals surface area contributed by atoms with Crippen molar-refractivity contribution in [1.82, 2.24) is 0 Å². The normalized spacial score (nSPS) is 10.2. The molecule has 0 spiro atoms. The van der Waals surface area contributed by atoms with Gasteiger partial charge in [0.05, 0.1) is 6.61 Å². The van der Waals surface area contributed by atoms with Gasteiger partial charge in [-0.05, 0) is 58.0 Å². The Morgan fingerprint density at radius 2 is 1.76 bits per heavy atom. The summed E-state index contributed by atoms with van der Waals surface area (Å²) in [7, 11) is 0. The van der Waals surface area contributed by atoms with Crippen molar-refractivity contribution in [3.05, 3.63) is 63.2 Å². The quantitative estimate of drug-likeness (QED) is 0.865. The van der Waals surface area contributed by atoms with Gasteiger partial charge in [-0.2, -0.15) is 0 Å². The maximum absolute atomic E-state index is 9.02. The molecule has 3 heteroatoms. The van der Waals surface area contributed by atoms with Crippen LogP contribution in [0.4, 0.5) is 0 Å². The predicted octanol–water partition coefficient (Wildman–Crippen LogP) is 3.36. The molecule has 0 aliphatic carbocycles. The lowest BCUT2D eigenvalue weighted by atomic mass is 10.2. The summed E-state index contributed by atoms with van der Waals surface area (Å²) in [5.41, 5.74) is 2.00. The molecule has 0 aromatic heterocycles. The molecule has 17 heavy (non-hydrogen) atoms. The monoisotopic (exact) mass is 340 g/mol. The first-order valence-electron chi connectivity index (χ1n) is 5.35. The molecule has 0 amide bonds. The van der Waals surface area contributed by atoms with Crippen molar-refractivity contribution < 1.29 is 9.84 Å². The molecule has 0 atom stereocenters. The second kappa shape index (κ2) is 6.02. The Bertz CT molecular complexity index is 480. The number of hydrogen-bond acceptors (Lipinski definition) is 2. The summed E-state index contributed by atoms with van der Waals surface area (Å²) in [6, 6.07) is 15.7. The fraction of sp³-hybridized carbons (Fsp3) is 0.143. The van der Waals surface area contributed by atoms with Crippen molar-refractivity contribution in [3.63, 3.8) is 0 Å². The largest absolute Gasteiger partial charge is 0.489 e. The molecule has 0 heterocycles. The first-order valence-corrected chi connectivity index (χ1v) is 6.43. The van der Waals surface area contributed by atoms with Crippen LogP contribution >= 0.6 is 22.6 Å². The first-order chi connectivity index (χ1) is 8.28. The van der Waals surface area contributed by atoms with Gasteiger partial charge in [0.15, 0.2) is 0 Å². The molecule has 0 saturated heterocycles. The maximum Gasteiger partial charge on any atom is 0.120 e. The first kappa shape index (κ1) is 12.4. The molecule has 0 aliphatic rings. The second-order valence-corrected chi connectivity index (χ2v) is 4.97. The molecule has 1 N–H and O–H groups in total. The number of aliphatic hydroxyl groups is 1. The Morgan fingerprint density at radius 1 is 1.00 bits per heavy atom. The molecule has 2 aromatic rings. The Hall–Kier alpha value is -1.07. The molecule has 0 fully saturated rings. The Morgan fingerprint density at radius 3 is 2.47 bits per heavy atom. The molecule has 2 rings (SSSR count). The summed E-state index contributed by atoms with van der Waals surface area (Å²) >= 11 is 2.28. The third kappa shape index (κ3) is 3.71. The van der Waals surface area contributed by atoms with Crippen molar-refractivity contribution in [1.29, 1.82) is 0 Å². The van der Waals surface area contributed by atoms with Crippen LogP contribution in [0.15, 0.2) is 48.5 Å². The second-order valence-electron chi connectivity index (χ2n) is 3.72. The maximum atomic E-state index is 9.02. The van der Waals surface area contributed by atoms with Gasteiger partial charge in [0, 0.05) is 3.57 Å². The van der Waals surface area contributed by atoms with Crippen molar-refractivity contribution in [2.75, 3.05) is 0 Å². The van der Waals surface area contributed by atoms with Crippen LogP contribution in [0.5, 0.6) is 5.75 Å². The number of hydrogen-bond donors (Lipinski definition) is 1. The molecular weight excluding hydrogens is 327 g/mol. The van der Waals surface area contributed by atoms with Crippen LogP contribution in [0.2, 0.25) is 0 Å². The molecule has 0 radical (unpaired) electrons. The Labute approximate surface area is 114 Å². The van der Waals surface area contributed by atoms with E-state index in [9.17, 15) is 0 Å². The van der Waals surface area contributed by atoms with Crippen LogP contribution in [0.1, 0.15) is 11.1 Å². The molecule has 2 nitrogen and oxygen atoms in total. The Balaban J connectivity index is 1.99. The van der Waals surface area contributed by atoms with Crippen LogP contribution in [-0.2, 0) is 13.2 Å². The van der Waals surface area contributed by atoms with E-state index in [1.54, 1.807) is 0 Å². The van der Waals surface area contributed by atoms with Crippen LogP contribution in [0, 0.1) is 3.57 Å². The third-order valence-corrected chi connectivity index (χ3v) is 3.12. The number of halogens is 1. The summed E-state index contributed by atoms with van der Waals surface area (Å²) in [6.07, 6.45) is 0. The fourth-order valence-corrected chi connectivity index (χ4v) is 1.84. The number of aliphatic hydroxyl groups excluding tert-OH is 1. The Kier molecular flexibility index (Phi) is 4.39. The summed E-state index contributed by atoms with van der Waals surface area (Å²) in [6.45, 7) is 0.590. The lowest BCUT2D eigenvalue weighted by molar-refractivity contribution is 0.278. The smallest absolute Gasteiger partial charge is 0.120 e. The number of benzene rings is 2. The van der Waals surface area contributed by atoms with Gasteiger partial charge in [0.2, 0.25) is 0 Å². The van der Waals surface area contributed by atoms with Gasteiger partial charge < -0.3 is 9.84 Å². The lowest BCUT2D eigenvalue weighted by Crippen LogP contribution is -1.96. The molecule has 2 aromatic carbocycles. The van der Waals surface area contributed by atoms with Gasteiger partial charge >= 0.3 is 0 Å². The van der Waals surface area contributed by atoms with Gasteiger partial charge in [0.1, 0.15) is 12.4 Å². The highest BCUT2D eigenvalue weighted by molar-refractivity contribution is 14.1. The topological polar surface area (TPSA) is 29.5 Å². The summed E-state index contributed by atoms with van der Waals surface area (Å²) in [4.78, 5) is 0. The van der Waals surface area contributed by atoms with E-state index in [0.717, 1.165) is 16.9 Å². The van der Waals surface area contributed by atoms with Gasteiger partial charge in [-0.15, -0.1) is 0 Å². The summed E-state index contributed by atoms with van der Waals surface area (Å²) < 4.78 is 6.88. The van der Waals surface area contributed by atoms with Crippen LogP contribution in [-0.4, -0.2) is 5.11 Å². The minimum Gasteiger partial charge on any atom is -0.489 e. The molecule has 0 saturated carbocycles. The summed E-state index contributed by atoms with van der Waals surface area (Å²) in [5, 5.41) is 9.02. The zero-order valence-corrected chi connectivity index (χ0v) is 11.4. The van der Waals surface area contributed by atoms with E-state index >= 15 is 0 Å². The lowest BCUT2D eigenvalue weighted by Gasteiger charge is -2.07. The van der Waals surface area contributed by atoms with Crippen LogP contribution in [0.3, 0.4) is 0 Å². The molecule has 0 unspecified atom stereocenters. The van der Waals surface area contributed by atoms with Crippen LogP contribution < -0.4 is 4.74 Å². The highest BCUT2D eigenvalue weighted by Gasteiger charge is 1.97. The van der Waals surface area contributed by atoms with Gasteiger partial charge in [-0.25, -0.2) is 0 Å². The van der Waals surface area contributed by atoms with Gasteiger partial charge in [0.25, 0.3) is 0 Å². The molecule has 0 aliphatic heterocycles. The zero-order valence-electron chi connectivity index (χ0n) is 9.27. The van der Waals surface area contributed by atoms with Gasteiger partial charge in [-0.1, -0.05) is 24.3 Å². The van der Waals surface area contributed by atoms with E-state index in [2.05, 4.69) is 46.9 Å². The number of ether oxygens (including phenoxy) is 1. The zero-order chi connectivity index (χ0) is 12.1. The minimum absolute atomic E-state index is 0.0424. The van der Waals surface area contributed by atoms with E-state index < -0.39 is 0 Å². The van der Waals surface area contributed by atoms with Crippen molar-refractivity contribution >= 4 is 22.6 Å². The van der Waals surface area contributed by atoms with Crippen LogP contribution in [0.25, 0.3) is 0 Å². The van der Waals surface area contributed by atoms with E-state index in [4.69, 9.17) is 9.84 Å². The van der Waals surface area contributed by atoms with Crippen molar-refractivity contribution in [3.8, 4) is 5.75 Å². The fourth-order valence-electron chi connectivity index (χ4n) is 1.48. The van der Waals surface area contributed by atoms with Crippen molar-refractivity contribution in [2.45, 2.75) is 13.2 Å². The highest BCUT2D eigenvalue weighted by Crippen LogP contribution is 2.15. The third-order valence-electron chi connectivity index (χ3n) is 2.40. The molecule has 88 valence electrons. The predicted molar refractivity (Wildman–Crippen MR) is 75.9 cm³/mol. The van der Waals surface area contributed by atoms with Gasteiger partial charge in [-0.3, -0.25) is 0 Å². The summed E-state index contributed by atoms with van der Waals surface area (Å²) in [5.74, 6) is 0.787. The average Bonchev–Trinajstić information content (AvgIpc) is 2.38. The van der Waals surface area contributed by atoms with Crippen molar-refractivity contribution in [2.24, 2.45) is 0 Å². The van der Waals surface area contributed by atoms with E-state index in [1.807, 2.05) is 24.3 Å².